The lowest BCUT2D eigenvalue weighted by Gasteiger charge is -2.40. The van der Waals surface area contributed by atoms with E-state index < -0.39 is 27.9 Å². The highest BCUT2D eigenvalue weighted by molar-refractivity contribution is 7.91. The average molecular weight is 470 g/mol. The van der Waals surface area contributed by atoms with E-state index >= 15 is 0 Å². The third-order valence-corrected chi connectivity index (χ3v) is 8.82. The third kappa shape index (κ3) is 4.32. The maximum atomic E-state index is 13.7. The van der Waals surface area contributed by atoms with Crippen molar-refractivity contribution < 1.29 is 18.0 Å². The number of carbonyl (C=O) groups excluding carboxylic acids is 2. The molecule has 7 nitrogen and oxygen atoms in total. The van der Waals surface area contributed by atoms with Crippen LogP contribution in [-0.4, -0.2) is 55.1 Å². The molecule has 32 heavy (non-hydrogen) atoms. The van der Waals surface area contributed by atoms with Crippen LogP contribution in [0.15, 0.2) is 82.4 Å². The number of benzene rings is 2. The number of sulfonamides is 1. The monoisotopic (exact) mass is 469 g/mol. The van der Waals surface area contributed by atoms with Crippen molar-refractivity contribution in [1.29, 1.82) is 0 Å². The molecular formula is C23H23N3O4S2. The molecule has 2 amide bonds. The van der Waals surface area contributed by atoms with Crippen LogP contribution in [0.1, 0.15) is 17.0 Å². The molecule has 0 saturated carbocycles. The predicted molar refractivity (Wildman–Crippen MR) is 123 cm³/mol. The zero-order valence-corrected chi connectivity index (χ0v) is 18.8. The molecular weight excluding hydrogens is 446 g/mol. The van der Waals surface area contributed by atoms with Crippen LogP contribution >= 0.6 is 11.3 Å². The predicted octanol–water partition coefficient (Wildman–Crippen LogP) is 2.27. The van der Waals surface area contributed by atoms with E-state index in [-0.39, 0.29) is 29.8 Å². The molecule has 0 bridgehead atoms. The molecule has 1 fully saturated rings. The number of nitrogens with two attached hydrogens (primary N) is 1. The summed E-state index contributed by atoms with van der Waals surface area (Å²) in [5, 5.41) is 1.66. The molecule has 1 saturated heterocycles. The van der Waals surface area contributed by atoms with Crippen LogP contribution in [0.25, 0.3) is 0 Å². The van der Waals surface area contributed by atoms with Gasteiger partial charge in [0.05, 0.1) is 5.92 Å². The Labute approximate surface area is 191 Å². The maximum Gasteiger partial charge on any atom is 0.253 e. The van der Waals surface area contributed by atoms with Crippen LogP contribution < -0.4 is 5.73 Å². The number of hydrogen-bond donors (Lipinski definition) is 1. The Morgan fingerprint density at radius 1 is 0.906 bits per heavy atom. The van der Waals surface area contributed by atoms with Crippen molar-refractivity contribution in [2.45, 2.75) is 16.2 Å². The fourth-order valence-electron chi connectivity index (χ4n) is 3.96. The van der Waals surface area contributed by atoms with Crippen molar-refractivity contribution >= 4 is 33.2 Å². The molecule has 1 aliphatic rings. The van der Waals surface area contributed by atoms with Gasteiger partial charge in [-0.15, -0.1) is 11.3 Å². The lowest BCUT2D eigenvalue weighted by atomic mass is 9.89. The van der Waals surface area contributed by atoms with Gasteiger partial charge in [0.25, 0.3) is 10.0 Å². The topological polar surface area (TPSA) is 101 Å². The SMILES string of the molecule is NC(=O)C1CN(C(=O)C(c2ccccc2)c2ccccc2)CCN1S(=O)(=O)c1cccs1. The van der Waals surface area contributed by atoms with Gasteiger partial charge in [0.2, 0.25) is 11.8 Å². The number of carbonyl (C=O) groups is 2. The smallest absolute Gasteiger partial charge is 0.253 e. The molecule has 2 heterocycles. The van der Waals surface area contributed by atoms with Gasteiger partial charge < -0.3 is 10.6 Å². The van der Waals surface area contributed by atoms with Gasteiger partial charge in [-0.1, -0.05) is 66.7 Å². The average Bonchev–Trinajstić information content (AvgIpc) is 3.36. The number of primary amides is 1. The Kier molecular flexibility index (Phi) is 6.40. The van der Waals surface area contributed by atoms with Crippen LogP contribution in [0.2, 0.25) is 0 Å². The van der Waals surface area contributed by atoms with Crippen molar-refractivity contribution in [2.75, 3.05) is 19.6 Å². The third-order valence-electron chi connectivity index (χ3n) is 5.54. The highest BCUT2D eigenvalue weighted by Crippen LogP contribution is 2.30. The number of piperazine rings is 1. The second-order valence-corrected chi connectivity index (χ2v) is 10.6. The Morgan fingerprint density at radius 2 is 1.50 bits per heavy atom. The zero-order chi connectivity index (χ0) is 22.7. The maximum absolute atomic E-state index is 13.7. The lowest BCUT2D eigenvalue weighted by Crippen LogP contribution is -2.61. The van der Waals surface area contributed by atoms with Gasteiger partial charge in [-0.25, -0.2) is 8.42 Å². The van der Waals surface area contributed by atoms with Gasteiger partial charge in [0.1, 0.15) is 10.3 Å². The Hall–Kier alpha value is -3.01. The molecule has 1 unspecified atom stereocenters. The molecule has 0 radical (unpaired) electrons. The van der Waals surface area contributed by atoms with E-state index in [1.165, 1.54) is 6.07 Å². The first-order valence-electron chi connectivity index (χ1n) is 10.1. The van der Waals surface area contributed by atoms with E-state index in [0.717, 1.165) is 26.8 Å². The summed E-state index contributed by atoms with van der Waals surface area (Å²) >= 11 is 1.08. The summed E-state index contributed by atoms with van der Waals surface area (Å²) in [5.41, 5.74) is 7.24. The quantitative estimate of drug-likeness (QED) is 0.598. The van der Waals surface area contributed by atoms with E-state index in [4.69, 9.17) is 5.73 Å². The van der Waals surface area contributed by atoms with Gasteiger partial charge in [-0.2, -0.15) is 4.31 Å². The van der Waals surface area contributed by atoms with Crippen LogP contribution in [0.3, 0.4) is 0 Å². The largest absolute Gasteiger partial charge is 0.368 e. The first kappa shape index (κ1) is 22.2. The molecule has 2 N–H and O–H groups in total. The molecule has 9 heteroatoms. The van der Waals surface area contributed by atoms with Gasteiger partial charge in [-0.3, -0.25) is 9.59 Å². The standard InChI is InChI=1S/C23H23N3O4S2/c24-22(27)19-16-25(13-14-26(19)32(29,30)20-12-7-15-31-20)23(28)21(17-8-3-1-4-9-17)18-10-5-2-6-11-18/h1-12,15,19,21H,13-14,16H2,(H2,24,27). The fourth-order valence-corrected chi connectivity index (χ4v) is 6.66. The van der Waals surface area contributed by atoms with Crippen LogP contribution in [0.5, 0.6) is 0 Å². The summed E-state index contributed by atoms with van der Waals surface area (Å²) in [7, 11) is -3.87. The van der Waals surface area contributed by atoms with E-state index in [1.807, 2.05) is 60.7 Å². The Morgan fingerprint density at radius 3 is 2.00 bits per heavy atom. The lowest BCUT2D eigenvalue weighted by molar-refractivity contribution is -0.136. The van der Waals surface area contributed by atoms with E-state index in [2.05, 4.69) is 0 Å². The van der Waals surface area contributed by atoms with Crippen LogP contribution in [0, 0.1) is 0 Å². The van der Waals surface area contributed by atoms with Crippen molar-refractivity contribution in [3.8, 4) is 0 Å². The molecule has 0 spiro atoms. The Bertz CT molecular complexity index is 1140. The highest BCUT2D eigenvalue weighted by atomic mass is 32.2. The van der Waals surface area contributed by atoms with E-state index in [9.17, 15) is 18.0 Å². The molecule has 166 valence electrons. The molecule has 1 atom stereocenters. The molecule has 1 aromatic heterocycles. The number of nitrogens with zero attached hydrogens (tertiary/aromatic N) is 2. The van der Waals surface area contributed by atoms with Crippen molar-refractivity contribution in [2.24, 2.45) is 5.73 Å². The number of hydrogen-bond acceptors (Lipinski definition) is 5. The van der Waals surface area contributed by atoms with Crippen molar-refractivity contribution in [3.63, 3.8) is 0 Å². The summed E-state index contributed by atoms with van der Waals surface area (Å²) in [6, 6.07) is 20.8. The minimum Gasteiger partial charge on any atom is -0.368 e. The second kappa shape index (κ2) is 9.23. The summed E-state index contributed by atoms with van der Waals surface area (Å²) in [6.07, 6.45) is 0. The number of amides is 2. The summed E-state index contributed by atoms with van der Waals surface area (Å²) in [5.74, 6) is -1.54. The molecule has 0 aliphatic carbocycles. The Balaban J connectivity index is 1.64. The van der Waals surface area contributed by atoms with Crippen molar-refractivity contribution in [1.82, 2.24) is 9.21 Å². The first-order valence-corrected chi connectivity index (χ1v) is 12.4. The molecule has 1 aliphatic heterocycles. The fraction of sp³-hybridized carbons (Fsp3) is 0.217. The normalized spacial score (nSPS) is 17.4. The zero-order valence-electron chi connectivity index (χ0n) is 17.2. The van der Waals surface area contributed by atoms with Crippen molar-refractivity contribution in [3.05, 3.63) is 89.3 Å². The molecule has 4 rings (SSSR count). The summed E-state index contributed by atoms with van der Waals surface area (Å²) in [4.78, 5) is 27.4. The van der Waals surface area contributed by atoms with E-state index in [0.29, 0.717) is 0 Å². The number of rotatable bonds is 6. The molecule has 3 aromatic rings. The van der Waals surface area contributed by atoms with Crippen LogP contribution in [0.4, 0.5) is 0 Å². The summed E-state index contributed by atoms with van der Waals surface area (Å²) < 4.78 is 27.3. The first-order chi connectivity index (χ1) is 15.4. The minimum absolute atomic E-state index is 0.00409. The van der Waals surface area contributed by atoms with Gasteiger partial charge in [0.15, 0.2) is 0 Å². The number of thiophene rings is 1. The second-order valence-electron chi connectivity index (χ2n) is 7.50. The highest BCUT2D eigenvalue weighted by Gasteiger charge is 2.42. The van der Waals surface area contributed by atoms with E-state index in [1.54, 1.807) is 16.3 Å². The van der Waals surface area contributed by atoms with Gasteiger partial charge >= 0.3 is 0 Å². The minimum atomic E-state index is -3.87. The summed E-state index contributed by atoms with van der Waals surface area (Å²) in [6.45, 7) is 0.0776. The molecule has 2 aromatic carbocycles. The van der Waals surface area contributed by atoms with Gasteiger partial charge in [0, 0.05) is 19.6 Å². The van der Waals surface area contributed by atoms with Gasteiger partial charge in [-0.05, 0) is 22.6 Å². The van der Waals surface area contributed by atoms with Crippen LogP contribution in [-0.2, 0) is 19.6 Å².